The average Bonchev–Trinajstić information content (AvgIpc) is 3.00. The van der Waals surface area contributed by atoms with Gasteiger partial charge in [0.25, 0.3) is 0 Å². The summed E-state index contributed by atoms with van der Waals surface area (Å²) in [7, 11) is 3.48. The molecule has 0 aliphatic carbocycles. The summed E-state index contributed by atoms with van der Waals surface area (Å²) in [6.45, 7) is 0.149. The van der Waals surface area contributed by atoms with E-state index < -0.39 is 6.55 Å². The highest BCUT2D eigenvalue weighted by atomic mass is 19.3. The molecule has 0 atom stereocenters. The standard InChI is InChI=1S/C20H24F2N6O/c1-13(29)28-9-8-18-17(12-28)19(26-27(18)3)25-16-6-4-14(5-7-16)15(10-23-2)11-24-20(21)22/h4-7,10-11,20,24H,8-9,12H2,1-3H3,(H,25,26). The molecular formula is C20H24F2N6O. The van der Waals surface area contributed by atoms with Gasteiger partial charge in [0.05, 0.1) is 6.54 Å². The Bertz CT molecular complexity index is 933. The van der Waals surface area contributed by atoms with E-state index in [1.165, 1.54) is 12.4 Å². The predicted molar refractivity (Wildman–Crippen MR) is 109 cm³/mol. The molecule has 1 aliphatic heterocycles. The first kappa shape index (κ1) is 20.5. The first-order valence-electron chi connectivity index (χ1n) is 9.23. The number of nitrogens with one attached hydrogen (secondary N) is 2. The summed E-state index contributed by atoms with van der Waals surface area (Å²) in [5.74, 6) is 0.760. The fourth-order valence-corrected chi connectivity index (χ4v) is 3.33. The molecule has 3 rings (SSSR count). The zero-order valence-electron chi connectivity index (χ0n) is 16.6. The van der Waals surface area contributed by atoms with Crippen LogP contribution in [0, 0.1) is 0 Å². The van der Waals surface area contributed by atoms with Crippen molar-refractivity contribution in [2.24, 2.45) is 12.0 Å². The number of rotatable bonds is 6. The summed E-state index contributed by atoms with van der Waals surface area (Å²) in [5.41, 5.74) is 4.23. The molecule has 1 aliphatic rings. The molecule has 1 aromatic carbocycles. The second-order valence-electron chi connectivity index (χ2n) is 6.74. The average molecular weight is 402 g/mol. The molecule has 7 nitrogen and oxygen atoms in total. The van der Waals surface area contributed by atoms with Crippen LogP contribution in [0.2, 0.25) is 0 Å². The third-order valence-electron chi connectivity index (χ3n) is 4.80. The van der Waals surface area contributed by atoms with Gasteiger partial charge in [0.1, 0.15) is 0 Å². The quantitative estimate of drug-likeness (QED) is 0.576. The SMILES string of the molecule is CN=CC(=CNC(F)F)c1ccc(Nc2nn(C)c3c2CN(C(C)=O)CC3)cc1. The van der Waals surface area contributed by atoms with Gasteiger partial charge in [0.15, 0.2) is 5.82 Å². The fraction of sp³-hybridized carbons (Fsp3) is 0.350. The fourth-order valence-electron chi connectivity index (χ4n) is 3.33. The van der Waals surface area contributed by atoms with Crippen molar-refractivity contribution >= 4 is 29.2 Å². The van der Waals surface area contributed by atoms with E-state index in [1.54, 1.807) is 18.9 Å². The lowest BCUT2D eigenvalue weighted by Gasteiger charge is -2.26. The molecule has 1 aromatic heterocycles. The predicted octanol–water partition coefficient (Wildman–Crippen LogP) is 2.92. The number of nitrogens with zero attached hydrogens (tertiary/aromatic N) is 4. The Morgan fingerprint density at radius 2 is 2.03 bits per heavy atom. The Hall–Kier alpha value is -3.23. The van der Waals surface area contributed by atoms with Crippen LogP contribution in [0.3, 0.4) is 0 Å². The van der Waals surface area contributed by atoms with Gasteiger partial charge in [-0.1, -0.05) is 12.1 Å². The number of benzene rings is 1. The number of carbonyl (C=O) groups is 1. The van der Waals surface area contributed by atoms with Crippen LogP contribution in [0.25, 0.3) is 5.57 Å². The largest absolute Gasteiger partial charge is 0.338 e. The Morgan fingerprint density at radius 1 is 1.31 bits per heavy atom. The summed E-state index contributed by atoms with van der Waals surface area (Å²) in [6.07, 6.45) is 3.52. The minimum absolute atomic E-state index is 0.0455. The molecule has 0 fully saturated rings. The van der Waals surface area contributed by atoms with Crippen molar-refractivity contribution < 1.29 is 13.6 Å². The van der Waals surface area contributed by atoms with Gasteiger partial charge in [-0.2, -0.15) is 13.9 Å². The van der Waals surface area contributed by atoms with Crippen LogP contribution >= 0.6 is 0 Å². The second-order valence-corrected chi connectivity index (χ2v) is 6.74. The van der Waals surface area contributed by atoms with E-state index >= 15 is 0 Å². The number of fused-ring (bicyclic) bond motifs is 1. The van der Waals surface area contributed by atoms with Crippen LogP contribution in [0.4, 0.5) is 20.3 Å². The first-order valence-corrected chi connectivity index (χ1v) is 9.23. The normalized spacial score (nSPS) is 14.4. The van der Waals surface area contributed by atoms with Gasteiger partial charge in [0.2, 0.25) is 5.91 Å². The number of hydrogen-bond acceptors (Lipinski definition) is 5. The number of allylic oxidation sites excluding steroid dienone is 1. The molecule has 1 amide bonds. The molecule has 0 bridgehead atoms. The third-order valence-corrected chi connectivity index (χ3v) is 4.80. The molecule has 0 saturated heterocycles. The van der Waals surface area contributed by atoms with Crippen LogP contribution < -0.4 is 10.6 Å². The maximum absolute atomic E-state index is 12.4. The molecule has 2 N–H and O–H groups in total. The van der Waals surface area contributed by atoms with E-state index in [4.69, 9.17) is 0 Å². The molecular weight excluding hydrogens is 378 g/mol. The van der Waals surface area contributed by atoms with Gasteiger partial charge in [-0.3, -0.25) is 14.5 Å². The number of anilines is 2. The van der Waals surface area contributed by atoms with Gasteiger partial charge >= 0.3 is 6.55 Å². The van der Waals surface area contributed by atoms with Crippen molar-refractivity contribution in [2.75, 3.05) is 18.9 Å². The second kappa shape index (κ2) is 8.85. The number of aromatic nitrogens is 2. The molecule has 0 spiro atoms. The van der Waals surface area contributed by atoms with Crippen molar-refractivity contribution in [3.8, 4) is 0 Å². The van der Waals surface area contributed by atoms with Gasteiger partial charge in [-0.25, -0.2) is 0 Å². The van der Waals surface area contributed by atoms with Crippen molar-refractivity contribution in [1.82, 2.24) is 20.0 Å². The van der Waals surface area contributed by atoms with E-state index in [0.717, 1.165) is 28.9 Å². The topological polar surface area (TPSA) is 74.6 Å². The molecule has 0 saturated carbocycles. The van der Waals surface area contributed by atoms with Gasteiger partial charge < -0.3 is 15.5 Å². The minimum Gasteiger partial charge on any atom is -0.338 e. The molecule has 2 aromatic rings. The lowest BCUT2D eigenvalue weighted by atomic mass is 10.1. The van der Waals surface area contributed by atoms with Gasteiger partial charge in [0, 0.05) is 68.9 Å². The number of alkyl halides is 2. The van der Waals surface area contributed by atoms with E-state index in [2.05, 4.69) is 15.4 Å². The van der Waals surface area contributed by atoms with Crippen LogP contribution in [0.5, 0.6) is 0 Å². The lowest BCUT2D eigenvalue weighted by Crippen LogP contribution is -2.34. The van der Waals surface area contributed by atoms with Crippen molar-refractivity contribution in [3.63, 3.8) is 0 Å². The zero-order chi connectivity index (χ0) is 21.0. The highest BCUT2D eigenvalue weighted by molar-refractivity contribution is 6.09. The van der Waals surface area contributed by atoms with Crippen molar-refractivity contribution in [2.45, 2.75) is 26.4 Å². The van der Waals surface area contributed by atoms with Crippen LogP contribution in [0.1, 0.15) is 23.7 Å². The van der Waals surface area contributed by atoms with Gasteiger partial charge in [-0.15, -0.1) is 0 Å². The number of carbonyl (C=O) groups excluding carboxylic acids is 1. The first-order chi connectivity index (χ1) is 13.9. The van der Waals surface area contributed by atoms with Crippen LogP contribution in [-0.4, -0.2) is 46.9 Å². The summed E-state index contributed by atoms with van der Waals surface area (Å²) in [5, 5.41) is 9.85. The van der Waals surface area contributed by atoms with Crippen LogP contribution in [0.15, 0.2) is 35.5 Å². The molecule has 9 heteroatoms. The highest BCUT2D eigenvalue weighted by Gasteiger charge is 2.25. The zero-order valence-corrected chi connectivity index (χ0v) is 16.6. The Balaban J connectivity index is 1.80. The van der Waals surface area contributed by atoms with Crippen molar-refractivity contribution in [1.29, 1.82) is 0 Å². The number of halogens is 2. The number of aliphatic imine (C=N–C) groups is 1. The summed E-state index contributed by atoms with van der Waals surface area (Å²) in [4.78, 5) is 17.5. The molecule has 154 valence electrons. The molecule has 0 radical (unpaired) electrons. The highest BCUT2D eigenvalue weighted by Crippen LogP contribution is 2.28. The maximum Gasteiger partial charge on any atom is 0.312 e. The third kappa shape index (κ3) is 4.79. The van der Waals surface area contributed by atoms with Crippen molar-refractivity contribution in [3.05, 3.63) is 47.3 Å². The van der Waals surface area contributed by atoms with E-state index in [0.29, 0.717) is 24.5 Å². The number of hydrogen-bond donors (Lipinski definition) is 2. The smallest absolute Gasteiger partial charge is 0.312 e. The van der Waals surface area contributed by atoms with E-state index in [9.17, 15) is 13.6 Å². The lowest BCUT2D eigenvalue weighted by molar-refractivity contribution is -0.129. The molecule has 29 heavy (non-hydrogen) atoms. The van der Waals surface area contributed by atoms with E-state index in [-0.39, 0.29) is 5.91 Å². The summed E-state index contributed by atoms with van der Waals surface area (Å²) >= 11 is 0. The molecule has 2 heterocycles. The molecule has 0 unspecified atom stereocenters. The van der Waals surface area contributed by atoms with Crippen LogP contribution in [-0.2, 0) is 24.8 Å². The Morgan fingerprint density at radius 3 is 2.66 bits per heavy atom. The van der Waals surface area contributed by atoms with Gasteiger partial charge in [-0.05, 0) is 17.7 Å². The minimum atomic E-state index is -2.64. The Kier molecular flexibility index (Phi) is 6.26. The number of aryl methyl sites for hydroxylation is 1. The van der Waals surface area contributed by atoms with E-state index in [1.807, 2.05) is 41.3 Å². The Labute approximate surface area is 168 Å². The monoisotopic (exact) mass is 402 g/mol. The summed E-state index contributed by atoms with van der Waals surface area (Å²) < 4.78 is 26.7. The summed E-state index contributed by atoms with van der Waals surface area (Å²) in [6, 6.07) is 7.34. The maximum atomic E-state index is 12.4. The number of amides is 1.